The number of alkyl halides is 2. The average Bonchev–Trinajstić information content (AvgIpc) is 2.92. The molecular weight excluding hydrogens is 302 g/mol. The van der Waals surface area contributed by atoms with E-state index in [1.807, 2.05) is 0 Å². The van der Waals surface area contributed by atoms with Gasteiger partial charge in [0, 0.05) is 6.20 Å². The van der Waals surface area contributed by atoms with E-state index in [2.05, 4.69) is 9.97 Å². The number of rotatable bonds is 5. The van der Waals surface area contributed by atoms with Gasteiger partial charge < -0.3 is 4.98 Å². The molecule has 0 saturated carbocycles. The van der Waals surface area contributed by atoms with E-state index in [9.17, 15) is 22.0 Å². The van der Waals surface area contributed by atoms with Crippen molar-refractivity contribution >= 4 is 15.6 Å². The van der Waals surface area contributed by atoms with E-state index in [0.717, 1.165) is 18.1 Å². The van der Waals surface area contributed by atoms with E-state index in [1.165, 1.54) is 24.3 Å². The number of nitrogens with one attached hydrogen (secondary N) is 1. The highest BCUT2D eigenvalue weighted by atomic mass is 32.2. The molecule has 1 unspecified atom stereocenters. The highest BCUT2D eigenvalue weighted by Gasteiger charge is 2.40. The first-order chi connectivity index (χ1) is 9.84. The van der Waals surface area contributed by atoms with Gasteiger partial charge in [-0.25, -0.2) is 22.2 Å². The Kier molecular flexibility index (Phi) is 4.17. The lowest BCUT2D eigenvalue weighted by atomic mass is 10.2. The Labute approximate surface area is 119 Å². The molecule has 1 heterocycles. The first-order valence-electron chi connectivity index (χ1n) is 5.94. The van der Waals surface area contributed by atoms with Crippen LogP contribution in [0.25, 0.3) is 0 Å². The molecular formula is C13H12F2N2O3S. The number of H-pyrrole nitrogens is 1. The Bertz CT molecular complexity index is 725. The van der Waals surface area contributed by atoms with Crippen molar-refractivity contribution in [2.75, 3.05) is 0 Å². The molecule has 0 bridgehead atoms. The molecule has 0 aliphatic rings. The standard InChI is InChI=1S/C13H12F2N2O3S/c1-8-2-4-9(5-3-8)21(19,20)12(11(18)13(14)15)10-6-16-7-17-10/h2-7,12-13H,1H3,(H,16,17). The second-order valence-corrected chi connectivity index (χ2v) is 6.48. The molecule has 2 rings (SSSR count). The molecule has 0 aliphatic carbocycles. The summed E-state index contributed by atoms with van der Waals surface area (Å²) in [6.45, 7) is 1.76. The van der Waals surface area contributed by atoms with Crippen molar-refractivity contribution < 1.29 is 22.0 Å². The summed E-state index contributed by atoms with van der Waals surface area (Å²) in [5.74, 6) is -1.68. The number of aromatic nitrogens is 2. The summed E-state index contributed by atoms with van der Waals surface area (Å²) in [6, 6.07) is 5.63. The number of hydrogen-bond acceptors (Lipinski definition) is 4. The number of benzene rings is 1. The van der Waals surface area contributed by atoms with Crippen molar-refractivity contribution in [1.82, 2.24) is 9.97 Å². The summed E-state index contributed by atoms with van der Waals surface area (Å²) in [5.41, 5.74) is 0.633. The summed E-state index contributed by atoms with van der Waals surface area (Å²) < 4.78 is 50.4. The zero-order chi connectivity index (χ0) is 15.6. The van der Waals surface area contributed by atoms with E-state index in [-0.39, 0.29) is 10.6 Å². The van der Waals surface area contributed by atoms with Crippen LogP contribution in [0.1, 0.15) is 16.5 Å². The minimum Gasteiger partial charge on any atom is -0.347 e. The number of aryl methyl sites for hydroxylation is 1. The van der Waals surface area contributed by atoms with E-state index in [4.69, 9.17) is 0 Å². The topological polar surface area (TPSA) is 79.9 Å². The van der Waals surface area contributed by atoms with Crippen LogP contribution in [-0.4, -0.2) is 30.6 Å². The van der Waals surface area contributed by atoms with Gasteiger partial charge in [-0.1, -0.05) is 17.7 Å². The lowest BCUT2D eigenvalue weighted by Gasteiger charge is -2.15. The van der Waals surface area contributed by atoms with Crippen LogP contribution in [0, 0.1) is 6.92 Å². The fraction of sp³-hybridized carbons (Fsp3) is 0.231. The largest absolute Gasteiger partial charge is 0.347 e. The van der Waals surface area contributed by atoms with Crippen LogP contribution in [-0.2, 0) is 14.6 Å². The van der Waals surface area contributed by atoms with Gasteiger partial charge >= 0.3 is 0 Å². The Hall–Kier alpha value is -2.09. The maximum atomic E-state index is 12.7. The number of ketones is 1. The molecule has 8 heteroatoms. The molecule has 112 valence electrons. The van der Waals surface area contributed by atoms with Crippen LogP contribution in [0.3, 0.4) is 0 Å². The number of carbonyl (C=O) groups is 1. The van der Waals surface area contributed by atoms with E-state index in [0.29, 0.717) is 0 Å². The van der Waals surface area contributed by atoms with Crippen LogP contribution < -0.4 is 0 Å². The number of imidazole rings is 1. The molecule has 1 aromatic carbocycles. The Morgan fingerprint density at radius 3 is 2.33 bits per heavy atom. The van der Waals surface area contributed by atoms with Crippen LogP contribution in [0.5, 0.6) is 0 Å². The molecule has 0 amide bonds. The van der Waals surface area contributed by atoms with Gasteiger partial charge in [-0.15, -0.1) is 0 Å². The number of Topliss-reactive ketones (excluding diaryl/α,β-unsaturated/α-hetero) is 1. The normalized spacial score (nSPS) is 13.3. The van der Waals surface area contributed by atoms with Gasteiger partial charge in [-0.3, -0.25) is 4.79 Å². The third kappa shape index (κ3) is 2.99. The van der Waals surface area contributed by atoms with Crippen molar-refractivity contribution in [2.45, 2.75) is 23.5 Å². The second-order valence-electron chi connectivity index (χ2n) is 4.45. The minimum atomic E-state index is -4.29. The van der Waals surface area contributed by atoms with Gasteiger partial charge in [0.1, 0.15) is 0 Å². The van der Waals surface area contributed by atoms with Crippen molar-refractivity contribution in [3.63, 3.8) is 0 Å². The predicted octanol–water partition coefficient (Wildman–Crippen LogP) is 2.07. The maximum absolute atomic E-state index is 12.7. The molecule has 1 aromatic heterocycles. The predicted molar refractivity (Wildman–Crippen MR) is 70.7 cm³/mol. The first kappa shape index (κ1) is 15.3. The number of halogens is 2. The van der Waals surface area contributed by atoms with Gasteiger partial charge in [-0.05, 0) is 19.1 Å². The second kappa shape index (κ2) is 5.72. The SMILES string of the molecule is Cc1ccc(S(=O)(=O)C(C(=O)C(F)F)c2cnc[nH]2)cc1. The van der Waals surface area contributed by atoms with Gasteiger partial charge in [0.2, 0.25) is 5.78 Å². The molecule has 0 spiro atoms. The molecule has 1 atom stereocenters. The van der Waals surface area contributed by atoms with Crippen molar-refractivity contribution in [3.05, 3.63) is 48.0 Å². The Morgan fingerprint density at radius 1 is 1.24 bits per heavy atom. The van der Waals surface area contributed by atoms with Crippen molar-refractivity contribution in [3.8, 4) is 0 Å². The Morgan fingerprint density at radius 2 is 1.86 bits per heavy atom. The first-order valence-corrected chi connectivity index (χ1v) is 7.49. The quantitative estimate of drug-likeness (QED) is 0.916. The van der Waals surface area contributed by atoms with Crippen molar-refractivity contribution in [1.29, 1.82) is 0 Å². The average molecular weight is 314 g/mol. The zero-order valence-corrected chi connectivity index (χ0v) is 11.8. The summed E-state index contributed by atoms with van der Waals surface area (Å²) in [7, 11) is -4.29. The van der Waals surface area contributed by atoms with Gasteiger partial charge in [0.05, 0.1) is 16.9 Å². The Balaban J connectivity index is 2.55. The summed E-state index contributed by atoms with van der Waals surface area (Å²) in [6.07, 6.45) is -1.21. The fourth-order valence-corrected chi connectivity index (χ4v) is 3.52. The summed E-state index contributed by atoms with van der Waals surface area (Å²) in [5, 5.41) is -2.00. The van der Waals surface area contributed by atoms with Crippen LogP contribution >= 0.6 is 0 Å². The van der Waals surface area contributed by atoms with Crippen LogP contribution in [0.4, 0.5) is 8.78 Å². The monoisotopic (exact) mass is 314 g/mol. The van der Waals surface area contributed by atoms with Crippen molar-refractivity contribution in [2.24, 2.45) is 0 Å². The lowest BCUT2D eigenvalue weighted by molar-refractivity contribution is -0.129. The molecule has 1 N–H and O–H groups in total. The number of aromatic amines is 1. The maximum Gasteiger partial charge on any atom is 0.297 e. The van der Waals surface area contributed by atoms with E-state index in [1.54, 1.807) is 6.92 Å². The molecule has 0 saturated heterocycles. The van der Waals surface area contributed by atoms with Crippen LogP contribution in [0.2, 0.25) is 0 Å². The highest BCUT2D eigenvalue weighted by molar-refractivity contribution is 7.92. The fourth-order valence-electron chi connectivity index (χ4n) is 1.86. The molecule has 0 aliphatic heterocycles. The third-order valence-electron chi connectivity index (χ3n) is 2.94. The number of carbonyl (C=O) groups excluding carboxylic acids is 1. The molecule has 0 radical (unpaired) electrons. The number of hydrogen-bond donors (Lipinski definition) is 1. The smallest absolute Gasteiger partial charge is 0.297 e. The molecule has 0 fully saturated rings. The van der Waals surface area contributed by atoms with Crippen LogP contribution in [0.15, 0.2) is 41.7 Å². The molecule has 2 aromatic rings. The molecule has 21 heavy (non-hydrogen) atoms. The molecule has 5 nitrogen and oxygen atoms in total. The van der Waals surface area contributed by atoms with Gasteiger partial charge in [-0.2, -0.15) is 0 Å². The van der Waals surface area contributed by atoms with Gasteiger partial charge in [0.25, 0.3) is 6.43 Å². The summed E-state index contributed by atoms with van der Waals surface area (Å²) >= 11 is 0. The highest BCUT2D eigenvalue weighted by Crippen LogP contribution is 2.30. The number of sulfone groups is 1. The number of nitrogens with zero attached hydrogens (tertiary/aromatic N) is 1. The summed E-state index contributed by atoms with van der Waals surface area (Å²) in [4.78, 5) is 17.5. The minimum absolute atomic E-state index is 0.180. The zero-order valence-electron chi connectivity index (χ0n) is 11.0. The van der Waals surface area contributed by atoms with E-state index >= 15 is 0 Å². The third-order valence-corrected chi connectivity index (χ3v) is 4.97. The van der Waals surface area contributed by atoms with Gasteiger partial charge in [0.15, 0.2) is 15.1 Å². The lowest BCUT2D eigenvalue weighted by Crippen LogP contribution is -2.28. The van der Waals surface area contributed by atoms with E-state index < -0.39 is 27.3 Å².